The van der Waals surface area contributed by atoms with E-state index in [4.69, 9.17) is 14.7 Å². The van der Waals surface area contributed by atoms with Gasteiger partial charge in [0.25, 0.3) is 0 Å². The van der Waals surface area contributed by atoms with Crippen LogP contribution in [0.2, 0.25) is 0 Å². The molecule has 2 atom stereocenters. The number of benzene rings is 1. The molecule has 3 aliphatic rings. The molecule has 1 aromatic heterocycles. The number of ether oxygens (including phenoxy) is 1. The largest absolute Gasteiger partial charge is 0.508 e. The van der Waals surface area contributed by atoms with Crippen LogP contribution in [0.4, 0.5) is 10.2 Å². The number of phenols is 1. The summed E-state index contributed by atoms with van der Waals surface area (Å²) in [6.07, 6.45) is 2.70. The highest BCUT2D eigenvalue weighted by atomic mass is 19.1. The fourth-order valence-corrected chi connectivity index (χ4v) is 5.27. The molecular weight excluding hydrogens is 449 g/mol. The second kappa shape index (κ2) is 10.3. The quantitative estimate of drug-likeness (QED) is 0.615. The van der Waals surface area contributed by atoms with Crippen LogP contribution in [0.1, 0.15) is 36.1 Å². The predicted octanol–water partition coefficient (Wildman–Crippen LogP) is 2.00. The zero-order chi connectivity index (χ0) is 24.4. The number of hydrogen-bond acceptors (Lipinski definition) is 9. The van der Waals surface area contributed by atoms with Gasteiger partial charge in [-0.1, -0.05) is 6.07 Å². The van der Waals surface area contributed by atoms with Crippen LogP contribution in [-0.4, -0.2) is 76.8 Å². The zero-order valence-electron chi connectivity index (χ0n) is 20.1. The third-order valence-electron chi connectivity index (χ3n) is 7.25. The SMILES string of the molecule is CN1CCC[C@H]1COc1nc2c(c(N3CCN[C@@H](CC#N)C3)n1)CN(Cc1c(O)cccc1F)C2. The minimum Gasteiger partial charge on any atom is -0.508 e. The molecule has 0 saturated carbocycles. The molecule has 35 heavy (non-hydrogen) atoms. The average Bonchev–Trinajstić information content (AvgIpc) is 3.45. The summed E-state index contributed by atoms with van der Waals surface area (Å²) in [6.45, 7) is 5.17. The van der Waals surface area contributed by atoms with Gasteiger partial charge in [-0.3, -0.25) is 4.90 Å². The number of likely N-dealkylation sites (tertiary alicyclic amines) is 1. The van der Waals surface area contributed by atoms with E-state index in [1.807, 2.05) is 0 Å². The van der Waals surface area contributed by atoms with E-state index in [9.17, 15) is 14.8 Å². The Bertz CT molecular complexity index is 1090. The Labute approximate surface area is 205 Å². The zero-order valence-corrected chi connectivity index (χ0v) is 20.1. The van der Waals surface area contributed by atoms with Crippen LogP contribution in [0.15, 0.2) is 18.2 Å². The third kappa shape index (κ3) is 5.17. The van der Waals surface area contributed by atoms with Crippen molar-refractivity contribution in [1.29, 1.82) is 5.26 Å². The minimum absolute atomic E-state index is 0.0431. The summed E-state index contributed by atoms with van der Waals surface area (Å²) in [7, 11) is 2.11. The molecule has 3 aliphatic heterocycles. The fraction of sp³-hybridized carbons (Fsp3) is 0.560. The number of nitriles is 1. The number of aromatic hydroxyl groups is 1. The Morgan fingerprint density at radius 1 is 1.29 bits per heavy atom. The van der Waals surface area contributed by atoms with Crippen molar-refractivity contribution < 1.29 is 14.2 Å². The number of halogens is 1. The predicted molar refractivity (Wildman–Crippen MR) is 128 cm³/mol. The number of nitrogens with one attached hydrogen (secondary N) is 1. The molecule has 0 aliphatic carbocycles. The molecule has 0 amide bonds. The van der Waals surface area contributed by atoms with Crippen molar-refractivity contribution in [2.24, 2.45) is 0 Å². The van der Waals surface area contributed by atoms with Gasteiger partial charge in [0.1, 0.15) is 24.0 Å². The number of likely N-dealkylation sites (N-methyl/N-ethyl adjacent to an activating group) is 1. The molecule has 2 aromatic rings. The van der Waals surface area contributed by atoms with Crippen LogP contribution in [-0.2, 0) is 19.6 Å². The summed E-state index contributed by atoms with van der Waals surface area (Å²) in [5.41, 5.74) is 2.16. The molecule has 5 rings (SSSR count). The van der Waals surface area contributed by atoms with Gasteiger partial charge in [0.05, 0.1) is 18.2 Å². The molecule has 1 aromatic carbocycles. The first-order valence-electron chi connectivity index (χ1n) is 12.3. The van der Waals surface area contributed by atoms with E-state index in [2.05, 4.69) is 33.1 Å². The first-order chi connectivity index (χ1) is 17.0. The maximum absolute atomic E-state index is 14.4. The summed E-state index contributed by atoms with van der Waals surface area (Å²) < 4.78 is 20.5. The Kier molecular flexibility index (Phi) is 7.00. The molecule has 0 bridgehead atoms. The molecule has 186 valence electrons. The number of phenolic OH excluding ortho intramolecular Hbond substituents is 1. The van der Waals surface area contributed by atoms with Gasteiger partial charge < -0.3 is 25.0 Å². The van der Waals surface area contributed by atoms with Gasteiger partial charge in [-0.15, -0.1) is 0 Å². The molecule has 4 heterocycles. The van der Waals surface area contributed by atoms with Crippen LogP contribution in [0, 0.1) is 17.1 Å². The average molecular weight is 482 g/mol. The van der Waals surface area contributed by atoms with Gasteiger partial charge in [-0.2, -0.15) is 15.2 Å². The second-order valence-electron chi connectivity index (χ2n) is 9.68. The van der Waals surface area contributed by atoms with Gasteiger partial charge in [0, 0.05) is 62.5 Å². The first-order valence-corrected chi connectivity index (χ1v) is 12.3. The van der Waals surface area contributed by atoms with Crippen molar-refractivity contribution in [3.8, 4) is 17.8 Å². The van der Waals surface area contributed by atoms with Crippen LogP contribution in [0.5, 0.6) is 11.8 Å². The Balaban J connectivity index is 1.40. The summed E-state index contributed by atoms with van der Waals surface area (Å²) in [5.74, 6) is 0.367. The monoisotopic (exact) mass is 481 g/mol. The van der Waals surface area contributed by atoms with Crippen molar-refractivity contribution >= 4 is 5.82 Å². The van der Waals surface area contributed by atoms with Gasteiger partial charge in [-0.05, 0) is 38.6 Å². The number of anilines is 1. The smallest absolute Gasteiger partial charge is 0.318 e. The molecule has 0 radical (unpaired) electrons. The number of fused-ring (bicyclic) bond motifs is 1. The summed E-state index contributed by atoms with van der Waals surface area (Å²) in [6, 6.07) is 7.43. The van der Waals surface area contributed by atoms with E-state index in [1.165, 1.54) is 24.6 Å². The van der Waals surface area contributed by atoms with Gasteiger partial charge in [0.15, 0.2) is 0 Å². The molecule has 10 heteroatoms. The van der Waals surface area contributed by atoms with E-state index in [0.29, 0.717) is 44.7 Å². The molecule has 2 N–H and O–H groups in total. The summed E-state index contributed by atoms with van der Waals surface area (Å²) >= 11 is 0. The Morgan fingerprint density at radius 2 is 2.17 bits per heavy atom. The minimum atomic E-state index is -0.418. The highest BCUT2D eigenvalue weighted by molar-refractivity contribution is 5.52. The molecule has 2 fully saturated rings. The number of piperazine rings is 1. The summed E-state index contributed by atoms with van der Waals surface area (Å²) in [4.78, 5) is 16.2. The number of nitrogens with zero attached hydrogens (tertiary/aromatic N) is 6. The lowest BCUT2D eigenvalue weighted by atomic mass is 10.1. The Hall–Kier alpha value is -3.00. The van der Waals surface area contributed by atoms with Crippen molar-refractivity contribution in [3.05, 3.63) is 40.8 Å². The normalized spacial score (nSPS) is 22.8. The van der Waals surface area contributed by atoms with E-state index in [1.54, 1.807) is 0 Å². The van der Waals surface area contributed by atoms with E-state index in [0.717, 1.165) is 43.1 Å². The molecule has 2 saturated heterocycles. The lowest BCUT2D eigenvalue weighted by molar-refractivity contribution is 0.187. The van der Waals surface area contributed by atoms with Crippen molar-refractivity contribution in [3.63, 3.8) is 0 Å². The van der Waals surface area contributed by atoms with Crippen molar-refractivity contribution in [2.45, 2.75) is 51.0 Å². The van der Waals surface area contributed by atoms with Crippen LogP contribution in [0.3, 0.4) is 0 Å². The van der Waals surface area contributed by atoms with Crippen molar-refractivity contribution in [2.75, 3.05) is 44.7 Å². The molecule has 0 spiro atoms. The summed E-state index contributed by atoms with van der Waals surface area (Å²) in [5, 5.41) is 22.8. The lowest BCUT2D eigenvalue weighted by Gasteiger charge is -2.34. The first kappa shape index (κ1) is 23.7. The van der Waals surface area contributed by atoms with Gasteiger partial charge >= 0.3 is 6.01 Å². The highest BCUT2D eigenvalue weighted by Gasteiger charge is 2.31. The lowest BCUT2D eigenvalue weighted by Crippen LogP contribution is -2.51. The van der Waals surface area contributed by atoms with E-state index >= 15 is 0 Å². The maximum atomic E-state index is 14.4. The highest BCUT2D eigenvalue weighted by Crippen LogP contribution is 2.34. The topological polar surface area (TPSA) is 101 Å². The van der Waals surface area contributed by atoms with Gasteiger partial charge in [0.2, 0.25) is 0 Å². The molecule has 0 unspecified atom stereocenters. The Morgan fingerprint density at radius 3 is 2.94 bits per heavy atom. The number of rotatable bonds is 7. The number of aromatic nitrogens is 2. The van der Waals surface area contributed by atoms with E-state index in [-0.39, 0.29) is 23.9 Å². The van der Waals surface area contributed by atoms with E-state index < -0.39 is 5.82 Å². The van der Waals surface area contributed by atoms with Crippen LogP contribution in [0.25, 0.3) is 0 Å². The second-order valence-corrected chi connectivity index (χ2v) is 9.68. The standard InChI is InChI=1S/C25H32FN7O2/c1-31-10-3-4-18(31)16-35-25-29-22-15-32(13-19-21(26)5-2-6-23(19)34)14-20(22)24(30-25)33-11-9-28-17(12-33)7-8-27/h2,5-6,17-18,28,34H,3-4,7,9-16H2,1H3/t17-,18-/m0/s1. The molecule has 9 nitrogen and oxygen atoms in total. The van der Waals surface area contributed by atoms with Gasteiger partial charge in [-0.25, -0.2) is 4.39 Å². The maximum Gasteiger partial charge on any atom is 0.318 e. The van der Waals surface area contributed by atoms with Crippen LogP contribution >= 0.6 is 0 Å². The van der Waals surface area contributed by atoms with Crippen LogP contribution < -0.4 is 15.0 Å². The molecular formula is C25H32FN7O2. The third-order valence-corrected chi connectivity index (χ3v) is 7.25. The number of hydrogen-bond donors (Lipinski definition) is 2. The fourth-order valence-electron chi connectivity index (χ4n) is 5.27. The van der Waals surface area contributed by atoms with Crippen molar-refractivity contribution in [1.82, 2.24) is 25.1 Å².